The van der Waals surface area contributed by atoms with Crippen molar-refractivity contribution in [3.05, 3.63) is 59.5 Å². The maximum absolute atomic E-state index is 12.8. The fourth-order valence-corrected chi connectivity index (χ4v) is 3.70. The molecule has 1 aromatic heterocycles. The van der Waals surface area contributed by atoms with Gasteiger partial charge in [-0.05, 0) is 42.0 Å². The first-order valence-electron chi connectivity index (χ1n) is 9.60. The van der Waals surface area contributed by atoms with Gasteiger partial charge in [0.15, 0.2) is 0 Å². The number of fused-ring (bicyclic) bond motifs is 1. The molecule has 2 N–H and O–H groups in total. The largest absolute Gasteiger partial charge is 0.481 e. The Bertz CT molecular complexity index is 787. The van der Waals surface area contributed by atoms with Gasteiger partial charge >= 0.3 is 5.97 Å². The molecular formula is C22H27NO5. The van der Waals surface area contributed by atoms with E-state index in [-0.39, 0.29) is 18.9 Å². The van der Waals surface area contributed by atoms with E-state index in [0.29, 0.717) is 31.1 Å². The molecule has 1 amide bonds. The van der Waals surface area contributed by atoms with E-state index in [2.05, 4.69) is 19.2 Å². The SMILES string of the molecule is CC(C)COC[C@H](NC(=O)CC1(C(=O)O)Cc2ccccc2C1)c1ccco1. The van der Waals surface area contributed by atoms with E-state index in [1.54, 1.807) is 18.4 Å². The summed E-state index contributed by atoms with van der Waals surface area (Å²) in [6.45, 7) is 4.95. The number of carbonyl (C=O) groups excluding carboxylic acids is 1. The zero-order valence-corrected chi connectivity index (χ0v) is 16.3. The summed E-state index contributed by atoms with van der Waals surface area (Å²) in [6, 6.07) is 10.7. The molecule has 0 saturated heterocycles. The Morgan fingerprint density at radius 1 is 1.14 bits per heavy atom. The minimum atomic E-state index is -1.11. The van der Waals surface area contributed by atoms with Gasteiger partial charge < -0.3 is 19.6 Å². The molecule has 0 aliphatic heterocycles. The molecule has 0 saturated carbocycles. The van der Waals surface area contributed by atoms with E-state index in [4.69, 9.17) is 9.15 Å². The molecule has 1 heterocycles. The second-order valence-electron chi connectivity index (χ2n) is 7.95. The van der Waals surface area contributed by atoms with Gasteiger partial charge in [0.25, 0.3) is 0 Å². The zero-order chi connectivity index (χ0) is 20.1. The summed E-state index contributed by atoms with van der Waals surface area (Å²) in [4.78, 5) is 24.9. The van der Waals surface area contributed by atoms with Gasteiger partial charge in [-0.1, -0.05) is 38.1 Å². The van der Waals surface area contributed by atoms with Gasteiger partial charge in [-0.25, -0.2) is 0 Å². The summed E-state index contributed by atoms with van der Waals surface area (Å²) in [6.07, 6.45) is 2.18. The molecule has 0 spiro atoms. The number of hydrogen-bond donors (Lipinski definition) is 2. The van der Waals surface area contributed by atoms with Crippen LogP contribution in [-0.4, -0.2) is 30.2 Å². The fourth-order valence-electron chi connectivity index (χ4n) is 3.70. The number of rotatable bonds is 9. The summed E-state index contributed by atoms with van der Waals surface area (Å²) in [7, 11) is 0. The predicted molar refractivity (Wildman–Crippen MR) is 104 cm³/mol. The molecule has 1 aromatic carbocycles. The molecule has 2 aromatic rings. The van der Waals surface area contributed by atoms with Gasteiger partial charge in [0.1, 0.15) is 11.8 Å². The molecule has 1 atom stereocenters. The summed E-state index contributed by atoms with van der Waals surface area (Å²) in [5, 5.41) is 12.8. The van der Waals surface area contributed by atoms with Crippen LogP contribution in [0.25, 0.3) is 0 Å². The molecular weight excluding hydrogens is 358 g/mol. The summed E-state index contributed by atoms with van der Waals surface area (Å²) in [5.74, 6) is -0.286. The highest BCUT2D eigenvalue weighted by molar-refractivity contribution is 5.86. The molecule has 28 heavy (non-hydrogen) atoms. The maximum Gasteiger partial charge on any atom is 0.310 e. The highest BCUT2D eigenvalue weighted by Crippen LogP contribution is 2.40. The number of carboxylic acids is 1. The standard InChI is InChI=1S/C22H27NO5/c1-15(2)13-27-14-18(19-8-5-9-28-19)23-20(24)12-22(21(25)26)10-16-6-3-4-7-17(16)11-22/h3-9,15,18H,10-14H2,1-2H3,(H,23,24)(H,25,26)/t18-/m0/s1. The van der Waals surface area contributed by atoms with Crippen LogP contribution in [0.3, 0.4) is 0 Å². The van der Waals surface area contributed by atoms with Crippen molar-refractivity contribution in [2.24, 2.45) is 11.3 Å². The summed E-state index contributed by atoms with van der Waals surface area (Å²) in [5.41, 5.74) is 0.890. The molecule has 0 unspecified atom stereocenters. The van der Waals surface area contributed by atoms with Crippen LogP contribution in [0.5, 0.6) is 0 Å². The highest BCUT2D eigenvalue weighted by Gasteiger charge is 2.45. The highest BCUT2D eigenvalue weighted by atomic mass is 16.5. The van der Waals surface area contributed by atoms with Crippen LogP contribution in [0.4, 0.5) is 0 Å². The number of nitrogens with one attached hydrogen (secondary N) is 1. The van der Waals surface area contributed by atoms with Gasteiger partial charge in [-0.2, -0.15) is 0 Å². The van der Waals surface area contributed by atoms with Crippen LogP contribution in [0.1, 0.15) is 43.2 Å². The van der Waals surface area contributed by atoms with Crippen LogP contribution in [-0.2, 0) is 27.2 Å². The van der Waals surface area contributed by atoms with Gasteiger partial charge in [0, 0.05) is 13.0 Å². The van der Waals surface area contributed by atoms with Crippen LogP contribution >= 0.6 is 0 Å². The van der Waals surface area contributed by atoms with Gasteiger partial charge in [-0.3, -0.25) is 9.59 Å². The fraction of sp³-hybridized carbons (Fsp3) is 0.455. The van der Waals surface area contributed by atoms with E-state index in [0.717, 1.165) is 11.1 Å². The number of aliphatic carboxylic acids is 1. The third-order valence-electron chi connectivity index (χ3n) is 5.09. The second-order valence-corrected chi connectivity index (χ2v) is 7.95. The lowest BCUT2D eigenvalue weighted by Gasteiger charge is -2.25. The lowest BCUT2D eigenvalue weighted by Crippen LogP contribution is -2.40. The van der Waals surface area contributed by atoms with Crippen molar-refractivity contribution in [3.63, 3.8) is 0 Å². The van der Waals surface area contributed by atoms with E-state index in [1.165, 1.54) is 0 Å². The van der Waals surface area contributed by atoms with Crippen LogP contribution in [0, 0.1) is 11.3 Å². The molecule has 1 aliphatic carbocycles. The Hall–Kier alpha value is -2.60. The summed E-state index contributed by atoms with van der Waals surface area (Å²) < 4.78 is 11.1. The zero-order valence-electron chi connectivity index (χ0n) is 16.3. The quantitative estimate of drug-likeness (QED) is 0.691. The monoisotopic (exact) mass is 385 g/mol. The number of hydrogen-bond acceptors (Lipinski definition) is 4. The van der Waals surface area contributed by atoms with E-state index < -0.39 is 17.4 Å². The normalized spacial score (nSPS) is 16.0. The van der Waals surface area contributed by atoms with Gasteiger partial charge in [0.2, 0.25) is 5.91 Å². The first kappa shape index (κ1) is 20.1. The predicted octanol–water partition coefficient (Wildman–Crippen LogP) is 3.37. The van der Waals surface area contributed by atoms with Crippen LogP contribution < -0.4 is 5.32 Å². The van der Waals surface area contributed by atoms with Crippen LogP contribution in [0.15, 0.2) is 47.1 Å². The Balaban J connectivity index is 1.68. The lowest BCUT2D eigenvalue weighted by atomic mass is 9.81. The molecule has 0 bridgehead atoms. The van der Waals surface area contributed by atoms with Crippen molar-refractivity contribution in [1.29, 1.82) is 0 Å². The molecule has 0 radical (unpaired) electrons. The third kappa shape index (κ3) is 4.62. The Labute approximate surface area is 164 Å². The Morgan fingerprint density at radius 2 is 1.82 bits per heavy atom. The molecule has 6 nitrogen and oxygen atoms in total. The first-order valence-corrected chi connectivity index (χ1v) is 9.60. The van der Waals surface area contributed by atoms with Crippen molar-refractivity contribution in [3.8, 4) is 0 Å². The maximum atomic E-state index is 12.8. The van der Waals surface area contributed by atoms with Crippen molar-refractivity contribution in [2.75, 3.05) is 13.2 Å². The number of furan rings is 1. The van der Waals surface area contributed by atoms with E-state index in [9.17, 15) is 14.7 Å². The average Bonchev–Trinajstić information content (AvgIpc) is 3.28. The number of benzene rings is 1. The van der Waals surface area contributed by atoms with Gasteiger partial charge in [-0.15, -0.1) is 0 Å². The molecule has 0 fully saturated rings. The molecule has 1 aliphatic rings. The lowest BCUT2D eigenvalue weighted by molar-refractivity contribution is -0.151. The minimum absolute atomic E-state index is 0.0849. The third-order valence-corrected chi connectivity index (χ3v) is 5.09. The molecule has 150 valence electrons. The Morgan fingerprint density at radius 3 is 2.36 bits per heavy atom. The molecule has 6 heteroatoms. The smallest absolute Gasteiger partial charge is 0.310 e. The van der Waals surface area contributed by atoms with Crippen molar-refractivity contribution >= 4 is 11.9 Å². The average molecular weight is 385 g/mol. The van der Waals surface area contributed by atoms with E-state index in [1.807, 2.05) is 24.3 Å². The first-order chi connectivity index (χ1) is 13.4. The van der Waals surface area contributed by atoms with Gasteiger partial charge in [0.05, 0.1) is 18.3 Å². The number of amides is 1. The summed E-state index contributed by atoms with van der Waals surface area (Å²) >= 11 is 0. The minimum Gasteiger partial charge on any atom is -0.481 e. The van der Waals surface area contributed by atoms with Crippen molar-refractivity contribution in [2.45, 2.75) is 39.2 Å². The number of carbonyl (C=O) groups is 2. The Kier molecular flexibility index (Phi) is 6.19. The van der Waals surface area contributed by atoms with Crippen molar-refractivity contribution < 1.29 is 23.8 Å². The number of ether oxygens (including phenoxy) is 1. The second kappa shape index (κ2) is 8.61. The topological polar surface area (TPSA) is 88.8 Å². The van der Waals surface area contributed by atoms with Crippen LogP contribution in [0.2, 0.25) is 0 Å². The van der Waals surface area contributed by atoms with E-state index >= 15 is 0 Å². The van der Waals surface area contributed by atoms with Crippen molar-refractivity contribution in [1.82, 2.24) is 5.32 Å². The number of carboxylic acid groups (broad SMARTS) is 1. The molecule has 3 rings (SSSR count).